The first-order chi connectivity index (χ1) is 6.19. The Balaban J connectivity index is 2.06. The topological polar surface area (TPSA) is 52.5 Å². The van der Waals surface area contributed by atoms with Crippen LogP contribution in [0.1, 0.15) is 32.6 Å². The van der Waals surface area contributed by atoms with Crippen molar-refractivity contribution in [1.29, 1.82) is 0 Å². The zero-order valence-electron chi connectivity index (χ0n) is 8.16. The molecule has 2 fully saturated rings. The molecule has 3 heteroatoms. The van der Waals surface area contributed by atoms with Gasteiger partial charge in [-0.15, -0.1) is 0 Å². The maximum Gasteiger partial charge on any atom is 0.0926 e. The molecule has 0 radical (unpaired) electrons. The summed E-state index contributed by atoms with van der Waals surface area (Å²) in [6.07, 6.45) is 3.36. The highest BCUT2D eigenvalue weighted by Crippen LogP contribution is 2.48. The zero-order valence-corrected chi connectivity index (χ0v) is 8.16. The van der Waals surface area contributed by atoms with Crippen molar-refractivity contribution in [3.8, 4) is 0 Å². The molecule has 2 rings (SSSR count). The summed E-state index contributed by atoms with van der Waals surface area (Å²) in [7, 11) is 0. The van der Waals surface area contributed by atoms with Crippen LogP contribution < -0.4 is 5.32 Å². The number of piperidine rings is 1. The first-order valence-electron chi connectivity index (χ1n) is 5.31. The van der Waals surface area contributed by atoms with Crippen molar-refractivity contribution in [3.63, 3.8) is 0 Å². The molecule has 1 aliphatic heterocycles. The van der Waals surface area contributed by atoms with Gasteiger partial charge in [-0.05, 0) is 19.3 Å². The van der Waals surface area contributed by atoms with Gasteiger partial charge in [-0.2, -0.15) is 0 Å². The van der Waals surface area contributed by atoms with Crippen LogP contribution >= 0.6 is 0 Å². The Labute approximate surface area is 79.2 Å². The average Bonchev–Trinajstić information content (AvgIpc) is 2.88. The first kappa shape index (κ1) is 9.44. The largest absolute Gasteiger partial charge is 0.390 e. The van der Waals surface area contributed by atoms with Gasteiger partial charge in [0.25, 0.3) is 0 Å². The van der Waals surface area contributed by atoms with Crippen LogP contribution in [-0.4, -0.2) is 34.5 Å². The van der Waals surface area contributed by atoms with E-state index >= 15 is 0 Å². The Bertz CT molecular complexity index is 191. The van der Waals surface area contributed by atoms with Crippen LogP contribution in [0.4, 0.5) is 0 Å². The Morgan fingerprint density at radius 3 is 2.62 bits per heavy atom. The van der Waals surface area contributed by atoms with Gasteiger partial charge in [0.1, 0.15) is 0 Å². The molecular weight excluding hydrogens is 166 g/mol. The molecule has 1 spiro atoms. The molecule has 3 unspecified atom stereocenters. The van der Waals surface area contributed by atoms with Crippen molar-refractivity contribution in [2.45, 2.75) is 50.4 Å². The monoisotopic (exact) mass is 185 g/mol. The maximum atomic E-state index is 9.85. The molecule has 3 atom stereocenters. The molecule has 0 bridgehead atoms. The normalized spacial score (nSPS) is 42.2. The SMILES string of the molecule is CCCC1C(O)C(O)CNC12CC2. The van der Waals surface area contributed by atoms with E-state index in [0.717, 1.165) is 12.8 Å². The first-order valence-corrected chi connectivity index (χ1v) is 5.31. The Morgan fingerprint density at radius 1 is 1.38 bits per heavy atom. The third kappa shape index (κ3) is 1.49. The molecule has 1 saturated heterocycles. The molecule has 1 aliphatic carbocycles. The number of nitrogens with one attached hydrogen (secondary N) is 1. The van der Waals surface area contributed by atoms with E-state index in [1.54, 1.807) is 0 Å². The lowest BCUT2D eigenvalue weighted by Gasteiger charge is -2.40. The van der Waals surface area contributed by atoms with E-state index in [1.807, 2.05) is 0 Å². The molecule has 0 aromatic carbocycles. The number of aliphatic hydroxyl groups excluding tert-OH is 2. The van der Waals surface area contributed by atoms with E-state index in [1.165, 1.54) is 12.8 Å². The molecule has 3 N–H and O–H groups in total. The quantitative estimate of drug-likeness (QED) is 0.578. The minimum absolute atomic E-state index is 0.189. The molecule has 0 aromatic heterocycles. The summed E-state index contributed by atoms with van der Waals surface area (Å²) in [4.78, 5) is 0. The van der Waals surface area contributed by atoms with Gasteiger partial charge in [0.05, 0.1) is 12.2 Å². The molecule has 1 saturated carbocycles. The summed E-state index contributed by atoms with van der Waals surface area (Å²) >= 11 is 0. The summed E-state index contributed by atoms with van der Waals surface area (Å²) in [5.74, 6) is 0.265. The molecule has 76 valence electrons. The zero-order chi connectivity index (χ0) is 9.47. The fourth-order valence-corrected chi connectivity index (χ4v) is 2.59. The van der Waals surface area contributed by atoms with Gasteiger partial charge < -0.3 is 15.5 Å². The molecule has 0 amide bonds. The molecular formula is C10H19NO2. The van der Waals surface area contributed by atoms with Crippen molar-refractivity contribution in [2.75, 3.05) is 6.54 Å². The van der Waals surface area contributed by atoms with Gasteiger partial charge in [-0.1, -0.05) is 13.3 Å². The number of β-amino-alcohol motifs (C(OH)–C–C–N with tert-alkyl or cyclic N) is 1. The van der Waals surface area contributed by atoms with Crippen molar-refractivity contribution in [1.82, 2.24) is 5.32 Å². The second kappa shape index (κ2) is 3.23. The summed E-state index contributed by atoms with van der Waals surface area (Å²) < 4.78 is 0. The van der Waals surface area contributed by atoms with Crippen molar-refractivity contribution in [3.05, 3.63) is 0 Å². The van der Waals surface area contributed by atoms with Crippen LogP contribution in [0, 0.1) is 5.92 Å². The molecule has 0 aromatic rings. The van der Waals surface area contributed by atoms with Gasteiger partial charge in [0.2, 0.25) is 0 Å². The Morgan fingerprint density at radius 2 is 2.08 bits per heavy atom. The standard InChI is InChI=1S/C10H19NO2/c1-2-3-7-9(13)8(12)6-11-10(7)4-5-10/h7-9,11-13H,2-6H2,1H3. The molecule has 1 heterocycles. The smallest absolute Gasteiger partial charge is 0.0926 e. The second-order valence-electron chi connectivity index (χ2n) is 4.49. The van der Waals surface area contributed by atoms with E-state index in [9.17, 15) is 10.2 Å². The number of rotatable bonds is 2. The second-order valence-corrected chi connectivity index (χ2v) is 4.49. The van der Waals surface area contributed by atoms with Crippen LogP contribution in [0.25, 0.3) is 0 Å². The lowest BCUT2D eigenvalue weighted by atomic mass is 9.81. The molecule has 13 heavy (non-hydrogen) atoms. The van der Waals surface area contributed by atoms with Gasteiger partial charge in [0.15, 0.2) is 0 Å². The number of hydrogen-bond acceptors (Lipinski definition) is 3. The summed E-state index contributed by atoms with van der Waals surface area (Å²) in [6.45, 7) is 2.69. The predicted molar refractivity (Wildman–Crippen MR) is 50.4 cm³/mol. The highest BCUT2D eigenvalue weighted by Gasteiger charge is 2.55. The van der Waals surface area contributed by atoms with Gasteiger partial charge in [-0.25, -0.2) is 0 Å². The molecule has 3 nitrogen and oxygen atoms in total. The Kier molecular flexibility index (Phi) is 2.34. The number of aliphatic hydroxyl groups is 2. The third-order valence-corrected chi connectivity index (χ3v) is 3.57. The fourth-order valence-electron chi connectivity index (χ4n) is 2.59. The fraction of sp³-hybridized carbons (Fsp3) is 1.00. The summed E-state index contributed by atoms with van der Waals surface area (Å²) in [5, 5.41) is 22.8. The highest BCUT2D eigenvalue weighted by atomic mass is 16.3. The van der Waals surface area contributed by atoms with Gasteiger partial charge in [-0.3, -0.25) is 0 Å². The van der Waals surface area contributed by atoms with Crippen molar-refractivity contribution in [2.24, 2.45) is 5.92 Å². The van der Waals surface area contributed by atoms with E-state index in [-0.39, 0.29) is 11.5 Å². The minimum Gasteiger partial charge on any atom is -0.390 e. The van der Waals surface area contributed by atoms with Crippen LogP contribution in [0.15, 0.2) is 0 Å². The lowest BCUT2D eigenvalue weighted by molar-refractivity contribution is -0.0597. The van der Waals surface area contributed by atoms with Crippen LogP contribution in [0.2, 0.25) is 0 Å². The Hall–Kier alpha value is -0.120. The van der Waals surface area contributed by atoms with Crippen molar-refractivity contribution >= 4 is 0 Å². The summed E-state index contributed by atoms with van der Waals surface area (Å²) in [5.41, 5.74) is 0.189. The van der Waals surface area contributed by atoms with Crippen LogP contribution in [0.5, 0.6) is 0 Å². The minimum atomic E-state index is -0.567. The number of hydrogen-bond donors (Lipinski definition) is 3. The van der Waals surface area contributed by atoms with E-state index in [4.69, 9.17) is 0 Å². The van der Waals surface area contributed by atoms with Crippen molar-refractivity contribution < 1.29 is 10.2 Å². The van der Waals surface area contributed by atoms with Gasteiger partial charge >= 0.3 is 0 Å². The molecule has 2 aliphatic rings. The van der Waals surface area contributed by atoms with Crippen LogP contribution in [0.3, 0.4) is 0 Å². The van der Waals surface area contributed by atoms with E-state index in [2.05, 4.69) is 12.2 Å². The average molecular weight is 185 g/mol. The van der Waals surface area contributed by atoms with E-state index in [0.29, 0.717) is 6.54 Å². The van der Waals surface area contributed by atoms with Crippen LogP contribution in [-0.2, 0) is 0 Å². The predicted octanol–water partition coefficient (Wildman–Crippen LogP) is 0.260. The van der Waals surface area contributed by atoms with E-state index < -0.39 is 12.2 Å². The third-order valence-electron chi connectivity index (χ3n) is 3.57. The lowest BCUT2D eigenvalue weighted by Crippen LogP contribution is -2.57. The highest BCUT2D eigenvalue weighted by molar-refractivity contribution is 5.12. The van der Waals surface area contributed by atoms with Gasteiger partial charge in [0, 0.05) is 18.0 Å². The maximum absolute atomic E-state index is 9.85. The summed E-state index contributed by atoms with van der Waals surface area (Å²) in [6, 6.07) is 0.